The number of aromatic nitrogens is 2. The van der Waals surface area contributed by atoms with E-state index in [4.69, 9.17) is 4.74 Å². The van der Waals surface area contributed by atoms with Gasteiger partial charge < -0.3 is 19.4 Å². The van der Waals surface area contributed by atoms with Gasteiger partial charge in [-0.3, -0.25) is 14.5 Å². The van der Waals surface area contributed by atoms with Gasteiger partial charge in [-0.2, -0.15) is 0 Å². The first-order chi connectivity index (χ1) is 20.0. The van der Waals surface area contributed by atoms with Gasteiger partial charge in [0.15, 0.2) is 5.82 Å². The molecule has 3 aromatic rings. The Balaban J connectivity index is 1.21. The molecule has 2 fully saturated rings. The molecule has 2 aromatic carbocycles. The van der Waals surface area contributed by atoms with Crippen LogP contribution in [-0.2, 0) is 9.53 Å². The van der Waals surface area contributed by atoms with E-state index in [2.05, 4.69) is 20.0 Å². The highest BCUT2D eigenvalue weighted by atomic mass is 19.1. The minimum Gasteiger partial charge on any atom is -0.379 e. The van der Waals surface area contributed by atoms with Crippen molar-refractivity contribution in [3.8, 4) is 11.3 Å². The summed E-state index contributed by atoms with van der Waals surface area (Å²) in [6.07, 6.45) is 0.724. The molecule has 0 saturated carbocycles. The van der Waals surface area contributed by atoms with Gasteiger partial charge in [0.05, 0.1) is 24.5 Å². The maximum atomic E-state index is 14.5. The summed E-state index contributed by atoms with van der Waals surface area (Å²) in [5.74, 6) is -0.863. The molecule has 0 unspecified atom stereocenters. The Morgan fingerprint density at radius 1 is 0.854 bits per heavy atom. The fourth-order valence-electron chi connectivity index (χ4n) is 5.07. The van der Waals surface area contributed by atoms with Crippen LogP contribution in [0.1, 0.15) is 16.8 Å². The summed E-state index contributed by atoms with van der Waals surface area (Å²) in [6, 6.07) is 15.7. The van der Waals surface area contributed by atoms with Crippen molar-refractivity contribution < 1.29 is 23.1 Å². The SMILES string of the molecule is O=C(CN(CCN1CCOCC1)C(=O)c1ccccc1F)N1CCCN(c2ccc(-c3ccc(F)cc3)nn2)CC1. The van der Waals surface area contributed by atoms with Gasteiger partial charge in [0.25, 0.3) is 5.91 Å². The Labute approximate surface area is 238 Å². The largest absolute Gasteiger partial charge is 0.379 e. The smallest absolute Gasteiger partial charge is 0.257 e. The highest BCUT2D eigenvalue weighted by Crippen LogP contribution is 2.20. The van der Waals surface area contributed by atoms with Crippen molar-refractivity contribution in [2.45, 2.75) is 6.42 Å². The number of benzene rings is 2. The molecule has 0 radical (unpaired) electrons. The van der Waals surface area contributed by atoms with Gasteiger partial charge in [-0.25, -0.2) is 8.78 Å². The van der Waals surface area contributed by atoms with Crippen molar-refractivity contribution >= 4 is 17.6 Å². The van der Waals surface area contributed by atoms with E-state index in [1.807, 2.05) is 12.1 Å². The molecule has 11 heteroatoms. The molecule has 0 spiro atoms. The molecular formula is C30H34F2N6O3. The average molecular weight is 565 g/mol. The molecule has 3 heterocycles. The summed E-state index contributed by atoms with van der Waals surface area (Å²) < 4.78 is 33.1. The summed E-state index contributed by atoms with van der Waals surface area (Å²) in [7, 11) is 0. The number of carbonyl (C=O) groups is 2. The number of hydrogen-bond donors (Lipinski definition) is 0. The van der Waals surface area contributed by atoms with Gasteiger partial charge in [0.2, 0.25) is 5.91 Å². The maximum absolute atomic E-state index is 14.5. The molecule has 2 amide bonds. The fraction of sp³-hybridized carbons (Fsp3) is 0.400. The molecule has 9 nitrogen and oxygen atoms in total. The second kappa shape index (κ2) is 13.6. The lowest BCUT2D eigenvalue weighted by Crippen LogP contribution is -2.48. The number of carbonyl (C=O) groups excluding carboxylic acids is 2. The van der Waals surface area contributed by atoms with Crippen LogP contribution in [0.15, 0.2) is 60.7 Å². The predicted molar refractivity (Wildman–Crippen MR) is 150 cm³/mol. The maximum Gasteiger partial charge on any atom is 0.257 e. The summed E-state index contributed by atoms with van der Waals surface area (Å²) in [4.78, 5) is 34.3. The van der Waals surface area contributed by atoms with E-state index >= 15 is 0 Å². The van der Waals surface area contributed by atoms with Gasteiger partial charge in [-0.05, 0) is 55.0 Å². The van der Waals surface area contributed by atoms with Gasteiger partial charge >= 0.3 is 0 Å². The zero-order valence-electron chi connectivity index (χ0n) is 22.9. The van der Waals surface area contributed by atoms with Crippen molar-refractivity contribution in [3.05, 3.63) is 77.9 Å². The van der Waals surface area contributed by atoms with Crippen LogP contribution < -0.4 is 4.90 Å². The minimum absolute atomic E-state index is 0.0352. The van der Waals surface area contributed by atoms with E-state index in [-0.39, 0.29) is 23.8 Å². The first-order valence-electron chi connectivity index (χ1n) is 13.9. The number of anilines is 1. The van der Waals surface area contributed by atoms with Crippen LogP contribution in [0, 0.1) is 11.6 Å². The molecule has 216 valence electrons. The van der Waals surface area contributed by atoms with Gasteiger partial charge in [-0.15, -0.1) is 10.2 Å². The van der Waals surface area contributed by atoms with E-state index in [0.717, 1.165) is 25.1 Å². The van der Waals surface area contributed by atoms with E-state index in [9.17, 15) is 18.4 Å². The van der Waals surface area contributed by atoms with Crippen LogP contribution >= 0.6 is 0 Å². The number of amides is 2. The zero-order chi connectivity index (χ0) is 28.6. The van der Waals surface area contributed by atoms with Crippen molar-refractivity contribution in [1.82, 2.24) is 24.9 Å². The molecule has 1 aromatic heterocycles. The molecule has 0 aliphatic carbocycles. The van der Waals surface area contributed by atoms with Crippen LogP contribution in [-0.4, -0.2) is 109 Å². The number of hydrogen-bond acceptors (Lipinski definition) is 7. The second-order valence-corrected chi connectivity index (χ2v) is 10.2. The zero-order valence-corrected chi connectivity index (χ0v) is 22.9. The average Bonchev–Trinajstić information content (AvgIpc) is 3.27. The molecule has 2 aliphatic rings. The molecule has 2 saturated heterocycles. The summed E-state index contributed by atoms with van der Waals surface area (Å²) in [5.41, 5.74) is 1.39. The lowest BCUT2D eigenvalue weighted by molar-refractivity contribution is -0.131. The minimum atomic E-state index is -0.599. The van der Waals surface area contributed by atoms with Crippen molar-refractivity contribution in [3.63, 3.8) is 0 Å². The molecule has 2 aliphatic heterocycles. The summed E-state index contributed by atoms with van der Waals surface area (Å²) in [5, 5.41) is 8.68. The molecule has 5 rings (SSSR count). The van der Waals surface area contributed by atoms with Crippen molar-refractivity contribution in [2.75, 3.05) is 77.0 Å². The Bertz CT molecular complexity index is 1320. The third-order valence-electron chi connectivity index (χ3n) is 7.47. The Morgan fingerprint density at radius 3 is 2.37 bits per heavy atom. The quantitative estimate of drug-likeness (QED) is 0.416. The first-order valence-corrected chi connectivity index (χ1v) is 13.9. The standard InChI is InChI=1S/C30H34F2N6O3/c31-24-8-6-23(7-9-24)27-10-11-28(34-33-27)36-12-3-13-37(17-16-36)29(39)22-38(15-14-35-18-20-41-21-19-35)30(40)25-4-1-2-5-26(25)32/h1-2,4-11H,3,12-22H2. The second-order valence-electron chi connectivity index (χ2n) is 10.2. The number of nitrogens with zero attached hydrogens (tertiary/aromatic N) is 6. The van der Waals surface area contributed by atoms with Crippen molar-refractivity contribution in [2.24, 2.45) is 0 Å². The van der Waals surface area contributed by atoms with E-state index in [1.165, 1.54) is 29.2 Å². The summed E-state index contributed by atoms with van der Waals surface area (Å²) in [6.45, 7) is 5.81. The normalized spacial score (nSPS) is 16.3. The third-order valence-corrected chi connectivity index (χ3v) is 7.47. The van der Waals surface area contributed by atoms with E-state index < -0.39 is 11.7 Å². The third kappa shape index (κ3) is 7.42. The lowest BCUT2D eigenvalue weighted by atomic mass is 10.1. The van der Waals surface area contributed by atoms with Gasteiger partial charge in [-0.1, -0.05) is 12.1 Å². The molecule has 0 atom stereocenters. The van der Waals surface area contributed by atoms with Crippen molar-refractivity contribution in [1.29, 1.82) is 0 Å². The predicted octanol–water partition coefficient (Wildman–Crippen LogP) is 2.94. The number of halogens is 2. The fourth-order valence-corrected chi connectivity index (χ4v) is 5.07. The Morgan fingerprint density at radius 2 is 1.63 bits per heavy atom. The van der Waals surface area contributed by atoms with E-state index in [0.29, 0.717) is 64.0 Å². The first kappa shape index (κ1) is 28.6. The van der Waals surface area contributed by atoms with Gasteiger partial charge in [0.1, 0.15) is 18.2 Å². The molecule has 0 N–H and O–H groups in total. The monoisotopic (exact) mass is 564 g/mol. The van der Waals surface area contributed by atoms with Crippen LogP contribution in [0.5, 0.6) is 0 Å². The van der Waals surface area contributed by atoms with Crippen LogP contribution in [0.4, 0.5) is 14.6 Å². The molecule has 41 heavy (non-hydrogen) atoms. The van der Waals surface area contributed by atoms with Crippen LogP contribution in [0.25, 0.3) is 11.3 Å². The topological polar surface area (TPSA) is 82.1 Å². The Hall–Kier alpha value is -3.96. The van der Waals surface area contributed by atoms with Crippen LogP contribution in [0.3, 0.4) is 0 Å². The van der Waals surface area contributed by atoms with Gasteiger partial charge in [0, 0.05) is 57.9 Å². The highest BCUT2D eigenvalue weighted by molar-refractivity contribution is 5.96. The lowest BCUT2D eigenvalue weighted by Gasteiger charge is -2.31. The molecular weight excluding hydrogens is 530 g/mol. The number of ether oxygens (including phenoxy) is 1. The highest BCUT2D eigenvalue weighted by Gasteiger charge is 2.26. The number of rotatable bonds is 8. The van der Waals surface area contributed by atoms with Crippen LogP contribution in [0.2, 0.25) is 0 Å². The summed E-state index contributed by atoms with van der Waals surface area (Å²) >= 11 is 0. The molecule has 0 bridgehead atoms. The Kier molecular flexibility index (Phi) is 9.48. The number of morpholine rings is 1. The van der Waals surface area contributed by atoms with E-state index in [1.54, 1.807) is 29.2 Å².